The Kier molecular flexibility index (Phi) is 5.22. The summed E-state index contributed by atoms with van der Waals surface area (Å²) in [6, 6.07) is 17.3. The van der Waals surface area contributed by atoms with Crippen molar-refractivity contribution in [3.05, 3.63) is 82.9 Å². The zero-order chi connectivity index (χ0) is 20.2. The van der Waals surface area contributed by atoms with Gasteiger partial charge in [0.25, 0.3) is 5.56 Å². The van der Waals surface area contributed by atoms with Crippen molar-refractivity contribution in [1.29, 1.82) is 0 Å². The Hall–Kier alpha value is -3.71. The van der Waals surface area contributed by atoms with E-state index in [0.29, 0.717) is 23.1 Å². The number of anilines is 2. The number of H-pyrrole nitrogens is 1. The summed E-state index contributed by atoms with van der Waals surface area (Å²) in [6.07, 6.45) is 3.73. The summed E-state index contributed by atoms with van der Waals surface area (Å²) in [4.78, 5) is 25.1. The lowest BCUT2D eigenvalue weighted by atomic mass is 10.1. The minimum Gasteiger partial charge on any atom is -0.426 e. The lowest BCUT2D eigenvalue weighted by molar-refractivity contribution is 0.299. The molecule has 0 amide bonds. The summed E-state index contributed by atoms with van der Waals surface area (Å²) >= 11 is 0. The van der Waals surface area contributed by atoms with Gasteiger partial charge in [-0.2, -0.15) is 4.98 Å². The summed E-state index contributed by atoms with van der Waals surface area (Å²) in [7, 11) is 1.98. The van der Waals surface area contributed by atoms with Gasteiger partial charge in [-0.15, -0.1) is 0 Å². The van der Waals surface area contributed by atoms with Crippen LogP contribution in [0.1, 0.15) is 5.56 Å². The van der Waals surface area contributed by atoms with Crippen LogP contribution in [0.5, 0.6) is 11.8 Å². The number of aromatic amines is 1. The number of aliphatic hydroxyl groups is 1. The average Bonchev–Trinajstić information content (AvgIpc) is 2.75. The molecule has 2 aromatic heterocycles. The minimum atomic E-state index is -0.270. The molecule has 0 unspecified atom stereocenters. The predicted octanol–water partition coefficient (Wildman–Crippen LogP) is 3.41. The summed E-state index contributed by atoms with van der Waals surface area (Å²) in [5, 5.41) is 9.49. The van der Waals surface area contributed by atoms with E-state index in [0.717, 1.165) is 16.9 Å². The molecule has 0 spiro atoms. The number of hydrogen-bond donors (Lipinski definition) is 2. The first kappa shape index (κ1) is 18.6. The highest BCUT2D eigenvalue weighted by Gasteiger charge is 2.08. The third kappa shape index (κ3) is 4.09. The van der Waals surface area contributed by atoms with Gasteiger partial charge in [-0.3, -0.25) is 14.8 Å². The molecule has 146 valence electrons. The minimum absolute atomic E-state index is 0.121. The first-order chi connectivity index (χ1) is 14.1. The van der Waals surface area contributed by atoms with Gasteiger partial charge in [-0.05, 0) is 54.4 Å². The largest absolute Gasteiger partial charge is 0.426 e. The fraction of sp³-hybridized carbons (Fsp3) is 0.136. The standard InChI is InChI=1S/C22H20N4O3/c1-26(16-4-2-15(3-5-16)11-13-27)17-6-8-18(9-7-17)29-22-24-20-14-23-12-10-19(20)21(28)25-22/h2-10,12,14,27H,11,13H2,1H3,(H,24,25,28). The van der Waals surface area contributed by atoms with Crippen LogP contribution < -0.4 is 15.2 Å². The van der Waals surface area contributed by atoms with Crippen molar-refractivity contribution in [3.63, 3.8) is 0 Å². The number of nitrogens with zero attached hydrogens (tertiary/aromatic N) is 3. The fourth-order valence-corrected chi connectivity index (χ4v) is 3.03. The van der Waals surface area contributed by atoms with Crippen molar-refractivity contribution in [2.24, 2.45) is 0 Å². The number of ether oxygens (including phenoxy) is 1. The number of rotatable bonds is 6. The summed E-state index contributed by atoms with van der Waals surface area (Å²) < 4.78 is 5.71. The third-order valence-electron chi connectivity index (χ3n) is 4.65. The van der Waals surface area contributed by atoms with Crippen LogP contribution in [0.4, 0.5) is 11.4 Å². The quantitative estimate of drug-likeness (QED) is 0.526. The van der Waals surface area contributed by atoms with Gasteiger partial charge in [-0.25, -0.2) is 0 Å². The van der Waals surface area contributed by atoms with Gasteiger partial charge in [-0.1, -0.05) is 12.1 Å². The van der Waals surface area contributed by atoms with E-state index in [1.807, 2.05) is 60.5 Å². The SMILES string of the molecule is CN(c1ccc(CCO)cc1)c1ccc(Oc2nc3cnccc3c(=O)[nH]2)cc1. The molecule has 0 aliphatic rings. The highest BCUT2D eigenvalue weighted by Crippen LogP contribution is 2.27. The normalized spacial score (nSPS) is 10.8. The van der Waals surface area contributed by atoms with Crippen LogP contribution >= 0.6 is 0 Å². The Labute approximate surface area is 167 Å². The number of benzene rings is 2. The van der Waals surface area contributed by atoms with E-state index < -0.39 is 0 Å². The predicted molar refractivity (Wildman–Crippen MR) is 112 cm³/mol. The second-order valence-corrected chi connectivity index (χ2v) is 6.56. The van der Waals surface area contributed by atoms with Crippen LogP contribution in [0.15, 0.2) is 71.8 Å². The van der Waals surface area contributed by atoms with Gasteiger partial charge >= 0.3 is 6.01 Å². The number of aromatic nitrogens is 3. The van der Waals surface area contributed by atoms with Crippen molar-refractivity contribution in [2.75, 3.05) is 18.6 Å². The van der Waals surface area contributed by atoms with Crippen molar-refractivity contribution >= 4 is 22.3 Å². The van der Waals surface area contributed by atoms with Gasteiger partial charge in [0.1, 0.15) is 5.75 Å². The molecule has 7 nitrogen and oxygen atoms in total. The molecule has 0 saturated heterocycles. The van der Waals surface area contributed by atoms with E-state index in [9.17, 15) is 4.79 Å². The molecular formula is C22H20N4O3. The van der Waals surface area contributed by atoms with E-state index in [-0.39, 0.29) is 18.2 Å². The third-order valence-corrected chi connectivity index (χ3v) is 4.65. The van der Waals surface area contributed by atoms with Crippen LogP contribution in [0, 0.1) is 0 Å². The lowest BCUT2D eigenvalue weighted by Crippen LogP contribution is -2.10. The van der Waals surface area contributed by atoms with Crippen molar-refractivity contribution in [3.8, 4) is 11.8 Å². The highest BCUT2D eigenvalue weighted by atomic mass is 16.5. The summed E-state index contributed by atoms with van der Waals surface area (Å²) in [5.41, 5.74) is 3.32. The zero-order valence-corrected chi connectivity index (χ0v) is 15.9. The molecule has 0 aliphatic heterocycles. The van der Waals surface area contributed by atoms with Crippen LogP contribution in [0.3, 0.4) is 0 Å². The molecule has 0 atom stereocenters. The maximum atomic E-state index is 12.1. The molecule has 7 heteroatoms. The van der Waals surface area contributed by atoms with Crippen molar-refractivity contribution in [2.45, 2.75) is 6.42 Å². The topological polar surface area (TPSA) is 91.3 Å². The maximum Gasteiger partial charge on any atom is 0.302 e. The molecule has 2 aromatic carbocycles. The van der Waals surface area contributed by atoms with Crippen molar-refractivity contribution in [1.82, 2.24) is 15.0 Å². The molecule has 0 fully saturated rings. The first-order valence-corrected chi connectivity index (χ1v) is 9.19. The van der Waals surface area contributed by atoms with Gasteiger partial charge in [0.15, 0.2) is 0 Å². The number of hydrogen-bond acceptors (Lipinski definition) is 6. The molecular weight excluding hydrogens is 368 g/mol. The zero-order valence-electron chi connectivity index (χ0n) is 15.9. The number of pyridine rings is 1. The Morgan fingerprint density at radius 2 is 1.72 bits per heavy atom. The Morgan fingerprint density at radius 3 is 2.41 bits per heavy atom. The van der Waals surface area contributed by atoms with E-state index in [1.165, 1.54) is 6.20 Å². The molecule has 2 heterocycles. The van der Waals surface area contributed by atoms with Crippen LogP contribution in [-0.4, -0.2) is 33.7 Å². The molecule has 0 bridgehead atoms. The van der Waals surface area contributed by atoms with E-state index >= 15 is 0 Å². The Morgan fingerprint density at radius 1 is 1.03 bits per heavy atom. The van der Waals surface area contributed by atoms with Crippen LogP contribution in [-0.2, 0) is 6.42 Å². The molecule has 4 rings (SSSR count). The second-order valence-electron chi connectivity index (χ2n) is 6.56. The number of aliphatic hydroxyl groups excluding tert-OH is 1. The van der Waals surface area contributed by atoms with Gasteiger partial charge < -0.3 is 14.7 Å². The Balaban J connectivity index is 1.51. The van der Waals surface area contributed by atoms with E-state index in [4.69, 9.17) is 9.84 Å². The fourth-order valence-electron chi connectivity index (χ4n) is 3.03. The monoisotopic (exact) mass is 388 g/mol. The lowest BCUT2D eigenvalue weighted by Gasteiger charge is -2.20. The smallest absolute Gasteiger partial charge is 0.302 e. The molecule has 0 saturated carbocycles. The average molecular weight is 388 g/mol. The molecule has 29 heavy (non-hydrogen) atoms. The van der Waals surface area contributed by atoms with Gasteiger partial charge in [0.05, 0.1) is 17.1 Å². The van der Waals surface area contributed by atoms with Gasteiger partial charge in [0.2, 0.25) is 0 Å². The van der Waals surface area contributed by atoms with Crippen LogP contribution in [0.25, 0.3) is 10.9 Å². The van der Waals surface area contributed by atoms with Crippen LogP contribution in [0.2, 0.25) is 0 Å². The number of fused-ring (bicyclic) bond motifs is 1. The van der Waals surface area contributed by atoms with E-state index in [1.54, 1.807) is 12.3 Å². The van der Waals surface area contributed by atoms with Crippen molar-refractivity contribution < 1.29 is 9.84 Å². The second kappa shape index (κ2) is 8.12. The van der Waals surface area contributed by atoms with Gasteiger partial charge in [0, 0.05) is 31.2 Å². The maximum absolute atomic E-state index is 12.1. The molecule has 0 radical (unpaired) electrons. The molecule has 4 aromatic rings. The Bertz CT molecular complexity index is 1170. The highest BCUT2D eigenvalue weighted by molar-refractivity contribution is 5.76. The summed E-state index contributed by atoms with van der Waals surface area (Å²) in [5.74, 6) is 0.562. The van der Waals surface area contributed by atoms with E-state index in [2.05, 4.69) is 15.0 Å². The summed E-state index contributed by atoms with van der Waals surface area (Å²) in [6.45, 7) is 0.143. The molecule has 2 N–H and O–H groups in total. The molecule has 0 aliphatic carbocycles. The number of nitrogens with one attached hydrogen (secondary N) is 1. The first-order valence-electron chi connectivity index (χ1n) is 9.19.